The molecule has 320 valence electrons. The number of nitrogens with zero attached hydrogens (tertiary/aromatic N) is 1. The highest BCUT2D eigenvalue weighted by Crippen LogP contribution is 2.78. The lowest BCUT2D eigenvalue weighted by Gasteiger charge is -2.71. The molecule has 0 aromatic heterocycles. The van der Waals surface area contributed by atoms with Crippen molar-refractivity contribution < 1.29 is 38.7 Å². The number of rotatable bonds is 11. The van der Waals surface area contributed by atoms with E-state index in [0.29, 0.717) is 53.9 Å². The maximum Gasteiger partial charge on any atom is 0.410 e. The Morgan fingerprint density at radius 3 is 2.22 bits per heavy atom. The average molecular weight is 810 g/mol. The molecular weight excluding hydrogens is 743 g/mol. The van der Waals surface area contributed by atoms with Gasteiger partial charge in [-0.15, -0.1) is 0 Å². The number of carbonyl (C=O) groups is 2. The van der Waals surface area contributed by atoms with Gasteiger partial charge in [-0.3, -0.25) is 4.79 Å². The van der Waals surface area contributed by atoms with Crippen molar-refractivity contribution in [2.45, 2.75) is 123 Å². The molecule has 7 aliphatic rings. The van der Waals surface area contributed by atoms with E-state index in [2.05, 4.69) is 52.8 Å². The maximum atomic E-state index is 15.1. The van der Waals surface area contributed by atoms with E-state index in [9.17, 15) is 15.0 Å². The summed E-state index contributed by atoms with van der Waals surface area (Å²) in [7, 11) is 4.86. The van der Waals surface area contributed by atoms with Crippen molar-refractivity contribution >= 4 is 11.9 Å². The number of fused-ring (bicyclic) bond motifs is 1. The molecule has 7 aliphatic carbocycles. The number of aliphatic hydroxyl groups excluding tert-OH is 1. The topological polar surface area (TPSA) is 115 Å². The summed E-state index contributed by atoms with van der Waals surface area (Å²) in [6.07, 6.45) is 13.8. The number of ether oxygens (including phenoxy) is 4. The summed E-state index contributed by atoms with van der Waals surface area (Å²) >= 11 is 0. The van der Waals surface area contributed by atoms with Crippen molar-refractivity contribution in [2.75, 3.05) is 27.9 Å². The van der Waals surface area contributed by atoms with Crippen LogP contribution < -0.4 is 14.2 Å². The number of allylic oxidation sites excluding steroid dienone is 4. The van der Waals surface area contributed by atoms with Crippen LogP contribution in [0.1, 0.15) is 115 Å². The zero-order chi connectivity index (χ0) is 42.1. The Labute approximate surface area is 351 Å². The van der Waals surface area contributed by atoms with E-state index in [4.69, 9.17) is 18.9 Å². The fourth-order valence-electron chi connectivity index (χ4n) is 13.6. The molecule has 0 saturated heterocycles. The lowest BCUT2D eigenvalue weighted by molar-refractivity contribution is -0.175. The fraction of sp³-hybridized carbons (Fsp3) is 0.640. The van der Waals surface area contributed by atoms with Gasteiger partial charge in [0.15, 0.2) is 5.78 Å². The molecule has 9 heteroatoms. The third-order valence-electron chi connectivity index (χ3n) is 17.1. The van der Waals surface area contributed by atoms with Gasteiger partial charge < -0.3 is 34.1 Å². The van der Waals surface area contributed by atoms with Crippen LogP contribution in [0.3, 0.4) is 0 Å². The van der Waals surface area contributed by atoms with Crippen LogP contribution in [0.25, 0.3) is 0 Å². The summed E-state index contributed by atoms with van der Waals surface area (Å²) in [6, 6.07) is 13.0. The fourth-order valence-corrected chi connectivity index (χ4v) is 13.6. The molecule has 11 unspecified atom stereocenters. The molecule has 4 fully saturated rings. The van der Waals surface area contributed by atoms with E-state index in [-0.39, 0.29) is 48.1 Å². The van der Waals surface area contributed by atoms with Crippen LogP contribution in [0.5, 0.6) is 17.2 Å². The smallest absolute Gasteiger partial charge is 0.410 e. The Hall–Kier alpha value is -3.82. The molecule has 2 aromatic carbocycles. The van der Waals surface area contributed by atoms with E-state index in [0.717, 1.165) is 56.1 Å². The van der Waals surface area contributed by atoms with Gasteiger partial charge in [0.1, 0.15) is 23.4 Å². The van der Waals surface area contributed by atoms with Crippen molar-refractivity contribution in [1.82, 2.24) is 4.90 Å². The highest BCUT2D eigenvalue weighted by molar-refractivity contribution is 6.10. The molecule has 4 saturated carbocycles. The van der Waals surface area contributed by atoms with Crippen molar-refractivity contribution in [2.24, 2.45) is 51.2 Å². The molecule has 9 rings (SSSR count). The van der Waals surface area contributed by atoms with Gasteiger partial charge >= 0.3 is 6.09 Å². The summed E-state index contributed by atoms with van der Waals surface area (Å²) in [4.78, 5) is 31.5. The Kier molecular flexibility index (Phi) is 10.8. The van der Waals surface area contributed by atoms with E-state index in [1.807, 2.05) is 42.5 Å². The summed E-state index contributed by atoms with van der Waals surface area (Å²) in [5, 5.41) is 24.5. The van der Waals surface area contributed by atoms with Gasteiger partial charge in [0.2, 0.25) is 0 Å². The number of aliphatic hydroxyl groups is 2. The third kappa shape index (κ3) is 6.54. The zero-order valence-corrected chi connectivity index (χ0v) is 36.6. The Morgan fingerprint density at radius 2 is 1.53 bits per heavy atom. The third-order valence-corrected chi connectivity index (χ3v) is 17.1. The minimum absolute atomic E-state index is 0.00130. The van der Waals surface area contributed by atoms with E-state index in [1.165, 1.54) is 0 Å². The van der Waals surface area contributed by atoms with Gasteiger partial charge in [0, 0.05) is 39.0 Å². The Bertz CT molecular complexity index is 1990. The minimum Gasteiger partial charge on any atom is -0.497 e. The Morgan fingerprint density at radius 1 is 0.847 bits per heavy atom. The molecule has 1 amide bonds. The molecule has 2 bridgehead atoms. The number of carbonyl (C=O) groups excluding carboxylic acids is 2. The predicted molar refractivity (Wildman–Crippen MR) is 227 cm³/mol. The normalized spacial score (nSPS) is 38.1. The van der Waals surface area contributed by atoms with Crippen LogP contribution in [0, 0.1) is 51.2 Å². The number of ketones is 1. The number of amides is 1. The van der Waals surface area contributed by atoms with Gasteiger partial charge in [-0.2, -0.15) is 0 Å². The molecule has 2 aromatic rings. The molecule has 9 nitrogen and oxygen atoms in total. The van der Waals surface area contributed by atoms with E-state index >= 15 is 4.79 Å². The monoisotopic (exact) mass is 809 g/mol. The summed E-state index contributed by atoms with van der Waals surface area (Å²) in [5.74, 6) is 3.14. The van der Waals surface area contributed by atoms with Gasteiger partial charge in [-0.1, -0.05) is 59.3 Å². The second kappa shape index (κ2) is 15.3. The van der Waals surface area contributed by atoms with Gasteiger partial charge in [-0.25, -0.2) is 4.79 Å². The molecule has 0 radical (unpaired) electrons. The molecule has 0 aliphatic heterocycles. The molecule has 2 N–H and O–H groups in total. The first-order chi connectivity index (χ1) is 28.1. The first-order valence-electron chi connectivity index (χ1n) is 22.3. The molecule has 2 spiro atoms. The maximum absolute atomic E-state index is 15.1. The van der Waals surface area contributed by atoms with Crippen molar-refractivity contribution in [1.29, 1.82) is 0 Å². The SMILES string of the molecule is COc1ccc(C(=O)C2=CC34C=CC25C(CCC2(C)C5CCC2(O)CN(Cc2ccc(OC)cc2OC)C(=O)OC2CC(C)CCC2C(C)C)C3(C)CCC(O)C4)cc1. The van der Waals surface area contributed by atoms with Crippen molar-refractivity contribution in [3.05, 3.63) is 77.4 Å². The largest absolute Gasteiger partial charge is 0.497 e. The molecule has 59 heavy (non-hydrogen) atoms. The van der Waals surface area contributed by atoms with E-state index in [1.54, 1.807) is 26.2 Å². The van der Waals surface area contributed by atoms with Crippen LogP contribution in [0.2, 0.25) is 0 Å². The first-order valence-corrected chi connectivity index (χ1v) is 22.3. The van der Waals surface area contributed by atoms with E-state index < -0.39 is 34.0 Å². The molecule has 11 atom stereocenters. The predicted octanol–water partition coefficient (Wildman–Crippen LogP) is 9.59. The average Bonchev–Trinajstić information content (AvgIpc) is 3.49. The number of benzene rings is 2. The number of methoxy groups -OCH3 is 3. The van der Waals surface area contributed by atoms with Crippen molar-refractivity contribution in [3.8, 4) is 17.2 Å². The summed E-state index contributed by atoms with van der Waals surface area (Å²) in [6.45, 7) is 11.6. The molecule has 0 heterocycles. The quantitative estimate of drug-likeness (QED) is 0.171. The number of hydrogen-bond acceptors (Lipinski definition) is 8. The Balaban J connectivity index is 1.18. The molecular formula is C50H67NO8. The standard InChI is InChI=1S/C50H67NO8/c1-31(2)38-16-9-32(3)25-41(38)59-45(54)51(29-34-12-15-37(57-7)26-40(34)58-8)30-49(55)22-19-43-47(49,5)21-18-42-46(4)20-17-35(52)27-48(46)23-24-50(42,43)39(28-48)44(53)33-10-13-36(56-6)14-11-33/h10-15,23-24,26,28,31-32,35,38,41-43,52,55H,9,16-22,25,27,29-30H2,1-8H3. The lowest BCUT2D eigenvalue weighted by atomic mass is 9.32. The van der Waals surface area contributed by atoms with Crippen LogP contribution in [0.15, 0.2) is 66.3 Å². The number of hydrogen-bond donors (Lipinski definition) is 2. The van der Waals surface area contributed by atoms with Gasteiger partial charge in [0.25, 0.3) is 0 Å². The highest BCUT2D eigenvalue weighted by Gasteiger charge is 2.74. The minimum atomic E-state index is -1.27. The second-order valence-electron chi connectivity index (χ2n) is 20.2. The second-order valence-corrected chi connectivity index (χ2v) is 20.2. The van der Waals surface area contributed by atoms with Crippen LogP contribution in [0.4, 0.5) is 4.79 Å². The van der Waals surface area contributed by atoms with Gasteiger partial charge in [0.05, 0.1) is 46.1 Å². The summed E-state index contributed by atoms with van der Waals surface area (Å²) < 4.78 is 23.3. The van der Waals surface area contributed by atoms with Crippen LogP contribution in [-0.2, 0) is 11.3 Å². The number of Topliss-reactive ketones (excluding diaryl/α,β-unsaturated/α-hetero) is 1. The lowest BCUT2D eigenvalue weighted by Crippen LogP contribution is -2.67. The highest BCUT2D eigenvalue weighted by atomic mass is 16.6. The van der Waals surface area contributed by atoms with Crippen LogP contribution in [-0.4, -0.2) is 72.7 Å². The first kappa shape index (κ1) is 41.9. The van der Waals surface area contributed by atoms with Crippen molar-refractivity contribution in [3.63, 3.8) is 0 Å². The zero-order valence-electron chi connectivity index (χ0n) is 36.6. The van der Waals surface area contributed by atoms with Gasteiger partial charge in [-0.05, 0) is 129 Å². The summed E-state index contributed by atoms with van der Waals surface area (Å²) in [5.41, 5.74) is -0.914. The van der Waals surface area contributed by atoms with Crippen LogP contribution >= 0.6 is 0 Å².